The minimum Gasteiger partial charge on any atom is -0.442 e. The van der Waals surface area contributed by atoms with Gasteiger partial charge in [-0.1, -0.05) is 11.3 Å². The maximum Gasteiger partial charge on any atom is 0.232 e. The topological polar surface area (TPSA) is 98.7 Å². The van der Waals surface area contributed by atoms with Crippen LogP contribution < -0.4 is 15.0 Å². The van der Waals surface area contributed by atoms with Gasteiger partial charge in [-0.15, -0.1) is 0 Å². The van der Waals surface area contributed by atoms with Crippen LogP contribution in [0.4, 0.5) is 11.1 Å². The van der Waals surface area contributed by atoms with Crippen molar-refractivity contribution in [1.82, 2.24) is 15.0 Å². The number of thiazole rings is 1. The summed E-state index contributed by atoms with van der Waals surface area (Å²) in [6, 6.07) is 0. The Balaban J connectivity index is 1.17. The third kappa shape index (κ3) is 3.01. The Morgan fingerprint density at radius 1 is 1.18 bits per heavy atom. The Morgan fingerprint density at radius 3 is 2.57 bits per heavy atom. The first-order valence-electron chi connectivity index (χ1n) is 9.25. The highest BCUT2D eigenvalue weighted by Gasteiger charge is 2.72. The second-order valence-electron chi connectivity index (χ2n) is 7.56. The number of nitrogens with one attached hydrogen (secondary N) is 1. The predicted octanol–water partition coefficient (Wildman–Crippen LogP) is 2.07. The van der Waals surface area contributed by atoms with Gasteiger partial charge in [0.2, 0.25) is 16.9 Å². The number of hydrogen-bond donors (Lipinski definition) is 1. The van der Waals surface area contributed by atoms with Gasteiger partial charge in [0.25, 0.3) is 0 Å². The molecule has 148 valence electrons. The van der Waals surface area contributed by atoms with Crippen LogP contribution in [0.2, 0.25) is 0 Å². The number of hydrogen-bond acceptors (Lipinski definition) is 9. The first-order chi connectivity index (χ1) is 13.6. The standard InChI is InChI=1S/C18H21N5O4S/c1-25-18-9-17(10-18,11-18)14(24)22-16-21-8-13(28-16)27-12-6-19-15(20-7-12)23-2-4-26-5-3-23/h6-8H,2-5,9-11H2,1H3,(H,21,22,24). The molecule has 3 saturated carbocycles. The van der Waals surface area contributed by atoms with Crippen LogP contribution in [0.1, 0.15) is 19.3 Å². The molecule has 3 aliphatic carbocycles. The number of anilines is 2. The summed E-state index contributed by atoms with van der Waals surface area (Å²) in [7, 11) is 1.71. The van der Waals surface area contributed by atoms with Crippen LogP contribution in [0, 0.1) is 5.41 Å². The average molecular weight is 403 g/mol. The van der Waals surface area contributed by atoms with E-state index in [2.05, 4.69) is 25.2 Å². The average Bonchev–Trinajstić information content (AvgIpc) is 3.08. The molecule has 3 heterocycles. The third-order valence-electron chi connectivity index (χ3n) is 5.73. The van der Waals surface area contributed by atoms with E-state index in [4.69, 9.17) is 14.2 Å². The molecule has 4 aliphatic rings. The Labute approximate surface area is 166 Å². The van der Waals surface area contributed by atoms with Crippen LogP contribution in [0.25, 0.3) is 0 Å². The SMILES string of the molecule is COC12CC(C(=O)Nc3ncc(Oc4cnc(N5CCOCC5)nc4)s3)(C1)C2. The number of carbonyl (C=O) groups excluding carboxylic acids is 1. The maximum absolute atomic E-state index is 12.5. The zero-order valence-electron chi connectivity index (χ0n) is 15.5. The minimum absolute atomic E-state index is 0.0190. The van der Waals surface area contributed by atoms with Gasteiger partial charge >= 0.3 is 0 Å². The molecule has 1 N–H and O–H groups in total. The van der Waals surface area contributed by atoms with E-state index in [1.165, 1.54) is 11.3 Å². The van der Waals surface area contributed by atoms with Gasteiger partial charge in [0.1, 0.15) is 0 Å². The van der Waals surface area contributed by atoms with E-state index in [1.807, 2.05) is 0 Å². The molecular weight excluding hydrogens is 382 g/mol. The molecule has 0 aromatic carbocycles. The smallest absolute Gasteiger partial charge is 0.232 e. The van der Waals surface area contributed by atoms with Crippen molar-refractivity contribution < 1.29 is 19.0 Å². The van der Waals surface area contributed by atoms with Crippen molar-refractivity contribution >= 4 is 28.3 Å². The van der Waals surface area contributed by atoms with Crippen LogP contribution in [0.5, 0.6) is 10.8 Å². The summed E-state index contributed by atoms with van der Waals surface area (Å²) in [6.45, 7) is 2.94. The maximum atomic E-state index is 12.5. The van der Waals surface area contributed by atoms with Crippen molar-refractivity contribution in [3.8, 4) is 10.8 Å². The van der Waals surface area contributed by atoms with Gasteiger partial charge in [-0.3, -0.25) is 4.79 Å². The molecule has 1 saturated heterocycles. The summed E-state index contributed by atoms with van der Waals surface area (Å²) in [5.41, 5.74) is -0.326. The van der Waals surface area contributed by atoms with Gasteiger partial charge in [0.05, 0.1) is 42.8 Å². The Morgan fingerprint density at radius 2 is 1.89 bits per heavy atom. The van der Waals surface area contributed by atoms with Crippen molar-refractivity contribution in [2.45, 2.75) is 24.9 Å². The summed E-state index contributed by atoms with van der Waals surface area (Å²) >= 11 is 1.28. The molecule has 2 aromatic rings. The zero-order chi connectivity index (χ0) is 19.2. The van der Waals surface area contributed by atoms with E-state index in [9.17, 15) is 4.79 Å². The van der Waals surface area contributed by atoms with Gasteiger partial charge in [-0.25, -0.2) is 15.0 Å². The van der Waals surface area contributed by atoms with Gasteiger partial charge in [0, 0.05) is 20.2 Å². The Bertz CT molecular complexity index is 861. The lowest BCUT2D eigenvalue weighted by Gasteiger charge is -2.67. The monoisotopic (exact) mass is 403 g/mol. The number of aromatic nitrogens is 3. The highest BCUT2D eigenvalue weighted by molar-refractivity contribution is 7.17. The van der Waals surface area contributed by atoms with Crippen LogP contribution >= 0.6 is 11.3 Å². The normalized spacial score (nSPS) is 28.2. The number of ether oxygens (including phenoxy) is 3. The summed E-state index contributed by atoms with van der Waals surface area (Å²) in [6.07, 6.45) is 7.26. The van der Waals surface area contributed by atoms with E-state index < -0.39 is 0 Å². The Hall–Kier alpha value is -2.30. The first-order valence-corrected chi connectivity index (χ1v) is 10.1. The van der Waals surface area contributed by atoms with E-state index in [1.54, 1.807) is 25.7 Å². The van der Waals surface area contributed by atoms with Gasteiger partial charge in [0.15, 0.2) is 10.9 Å². The number of nitrogens with zero attached hydrogens (tertiary/aromatic N) is 4. The molecule has 6 rings (SSSR count). The number of morpholine rings is 1. The molecule has 1 aliphatic heterocycles. The van der Waals surface area contributed by atoms with Crippen molar-refractivity contribution in [2.75, 3.05) is 43.6 Å². The molecule has 0 unspecified atom stereocenters. The van der Waals surface area contributed by atoms with Gasteiger partial charge in [-0.2, -0.15) is 0 Å². The van der Waals surface area contributed by atoms with E-state index >= 15 is 0 Å². The quantitative estimate of drug-likeness (QED) is 0.783. The molecule has 9 nitrogen and oxygen atoms in total. The largest absolute Gasteiger partial charge is 0.442 e. The second-order valence-corrected chi connectivity index (χ2v) is 8.55. The number of amides is 1. The van der Waals surface area contributed by atoms with Gasteiger partial charge < -0.3 is 24.4 Å². The fourth-order valence-electron chi connectivity index (χ4n) is 4.15. The molecule has 2 bridgehead atoms. The molecule has 0 atom stereocenters. The van der Waals surface area contributed by atoms with Crippen molar-refractivity contribution in [1.29, 1.82) is 0 Å². The summed E-state index contributed by atoms with van der Waals surface area (Å²) < 4.78 is 16.6. The lowest BCUT2D eigenvalue weighted by molar-refractivity contribution is -0.260. The van der Waals surface area contributed by atoms with Crippen molar-refractivity contribution in [3.63, 3.8) is 0 Å². The molecule has 28 heavy (non-hydrogen) atoms. The summed E-state index contributed by atoms with van der Waals surface area (Å²) in [5.74, 6) is 1.21. The van der Waals surface area contributed by atoms with Crippen molar-refractivity contribution in [2.24, 2.45) is 5.41 Å². The lowest BCUT2D eigenvalue weighted by Crippen LogP contribution is -2.72. The van der Waals surface area contributed by atoms with Crippen LogP contribution in [-0.2, 0) is 14.3 Å². The number of methoxy groups -OCH3 is 1. The number of carbonyl (C=O) groups is 1. The minimum atomic E-state index is -0.272. The highest BCUT2D eigenvalue weighted by atomic mass is 32.1. The van der Waals surface area contributed by atoms with Crippen molar-refractivity contribution in [3.05, 3.63) is 18.6 Å². The predicted molar refractivity (Wildman–Crippen MR) is 102 cm³/mol. The molecule has 0 spiro atoms. The van der Waals surface area contributed by atoms with E-state index in [0.29, 0.717) is 35.1 Å². The molecular formula is C18H21N5O4S. The first kappa shape index (κ1) is 17.8. The van der Waals surface area contributed by atoms with Gasteiger partial charge in [-0.05, 0) is 19.3 Å². The Kier molecular flexibility index (Phi) is 4.22. The van der Waals surface area contributed by atoms with E-state index in [0.717, 1.165) is 32.4 Å². The second kappa shape index (κ2) is 6.64. The van der Waals surface area contributed by atoms with Crippen LogP contribution in [-0.4, -0.2) is 59.9 Å². The molecule has 0 radical (unpaired) electrons. The zero-order valence-corrected chi connectivity index (χ0v) is 16.3. The van der Waals surface area contributed by atoms with Crippen LogP contribution in [0.15, 0.2) is 18.6 Å². The summed E-state index contributed by atoms with van der Waals surface area (Å²) in [5, 5.41) is 4.01. The molecule has 4 fully saturated rings. The fourth-order valence-corrected chi connectivity index (χ4v) is 4.83. The molecule has 2 aromatic heterocycles. The third-order valence-corrected chi connectivity index (χ3v) is 6.52. The number of rotatable bonds is 6. The fraction of sp³-hybridized carbons (Fsp3) is 0.556. The summed E-state index contributed by atoms with van der Waals surface area (Å²) in [4.78, 5) is 27.5. The van der Waals surface area contributed by atoms with E-state index in [-0.39, 0.29) is 16.9 Å². The molecule has 10 heteroatoms. The highest BCUT2D eigenvalue weighted by Crippen LogP contribution is 2.69. The van der Waals surface area contributed by atoms with Crippen LogP contribution in [0.3, 0.4) is 0 Å². The molecule has 1 amide bonds. The lowest BCUT2D eigenvalue weighted by atomic mass is 9.41.